The zero-order valence-corrected chi connectivity index (χ0v) is 21.7. The highest BCUT2D eigenvalue weighted by Crippen LogP contribution is 2.39. The fraction of sp³-hybridized carbons (Fsp3) is 0. The second kappa shape index (κ2) is 8.13. The second-order valence-electron chi connectivity index (χ2n) is 10.2. The molecule has 0 spiro atoms. The summed E-state index contributed by atoms with van der Waals surface area (Å²) >= 11 is 0. The van der Waals surface area contributed by atoms with Gasteiger partial charge in [-0.2, -0.15) is 0 Å². The van der Waals surface area contributed by atoms with Gasteiger partial charge in [0.25, 0.3) is 5.56 Å². The summed E-state index contributed by atoms with van der Waals surface area (Å²) < 4.78 is 10.3. The Kier molecular flexibility index (Phi) is 4.38. The zero-order chi connectivity index (χ0) is 27.1. The molecule has 9 rings (SSSR count). The summed E-state index contributed by atoms with van der Waals surface area (Å²) in [5, 5.41) is 5.66. The fourth-order valence-electron chi connectivity index (χ4n) is 6.21. The quantitative estimate of drug-likeness (QED) is 0.214. The predicted octanol–water partition coefficient (Wildman–Crippen LogP) is 7.93. The number of hydrogen-bond acceptors (Lipinski definition) is 4. The number of nitrogens with zero attached hydrogens (tertiary/aromatic N) is 4. The number of pyridine rings is 1. The average Bonchev–Trinajstić information content (AvgIpc) is 3.58. The molecular formula is C35H20N4O2. The van der Waals surface area contributed by atoms with Gasteiger partial charge in [0.1, 0.15) is 16.6 Å². The van der Waals surface area contributed by atoms with Crippen molar-refractivity contribution in [2.75, 3.05) is 0 Å². The van der Waals surface area contributed by atoms with Gasteiger partial charge in [-0.05, 0) is 36.4 Å². The Morgan fingerprint density at radius 1 is 0.561 bits per heavy atom. The van der Waals surface area contributed by atoms with Gasteiger partial charge < -0.3 is 4.42 Å². The van der Waals surface area contributed by atoms with Crippen molar-refractivity contribution in [3.05, 3.63) is 132 Å². The van der Waals surface area contributed by atoms with E-state index in [1.54, 1.807) is 10.8 Å². The molecule has 0 atom stereocenters. The molecule has 41 heavy (non-hydrogen) atoms. The number of hydrogen-bond donors (Lipinski definition) is 0. The molecule has 0 aliphatic rings. The van der Waals surface area contributed by atoms with Crippen molar-refractivity contribution >= 4 is 65.6 Å². The molecule has 0 bridgehead atoms. The summed E-state index contributed by atoms with van der Waals surface area (Å²) in [5.41, 5.74) is 5.55. The minimum Gasteiger partial charge on any atom is -0.454 e. The van der Waals surface area contributed by atoms with Crippen LogP contribution in [0.3, 0.4) is 0 Å². The van der Waals surface area contributed by atoms with E-state index in [2.05, 4.69) is 34.9 Å². The lowest BCUT2D eigenvalue weighted by Crippen LogP contribution is -2.20. The Labute approximate surface area is 232 Å². The lowest BCUT2D eigenvalue weighted by Gasteiger charge is -2.14. The smallest absolute Gasteiger partial charge is 0.263 e. The highest BCUT2D eigenvalue weighted by molar-refractivity contribution is 6.21. The fourth-order valence-corrected chi connectivity index (χ4v) is 6.21. The van der Waals surface area contributed by atoms with Crippen molar-refractivity contribution in [2.24, 2.45) is 0 Å². The molecule has 4 aromatic heterocycles. The summed E-state index contributed by atoms with van der Waals surface area (Å²) in [6.45, 7) is 0. The van der Waals surface area contributed by atoms with Gasteiger partial charge in [0, 0.05) is 38.0 Å². The first kappa shape index (κ1) is 22.1. The third-order valence-electron chi connectivity index (χ3n) is 8.01. The van der Waals surface area contributed by atoms with Gasteiger partial charge in [-0.1, -0.05) is 78.9 Å². The van der Waals surface area contributed by atoms with Gasteiger partial charge in [0.15, 0.2) is 5.58 Å². The van der Waals surface area contributed by atoms with Gasteiger partial charge in [-0.25, -0.2) is 9.97 Å². The van der Waals surface area contributed by atoms with Crippen molar-refractivity contribution in [1.29, 1.82) is 0 Å². The van der Waals surface area contributed by atoms with Crippen molar-refractivity contribution < 1.29 is 4.42 Å². The number of aromatic nitrogens is 4. The van der Waals surface area contributed by atoms with Crippen LogP contribution in [-0.2, 0) is 0 Å². The molecule has 0 aliphatic carbocycles. The molecule has 0 fully saturated rings. The minimum atomic E-state index is -0.100. The maximum absolute atomic E-state index is 13.7. The van der Waals surface area contributed by atoms with E-state index in [0.29, 0.717) is 22.4 Å². The number of furan rings is 1. The van der Waals surface area contributed by atoms with Gasteiger partial charge in [0.05, 0.1) is 17.2 Å². The van der Waals surface area contributed by atoms with E-state index in [1.807, 2.05) is 84.9 Å². The van der Waals surface area contributed by atoms with Crippen molar-refractivity contribution in [1.82, 2.24) is 19.1 Å². The molecule has 192 valence electrons. The van der Waals surface area contributed by atoms with Crippen LogP contribution in [-0.4, -0.2) is 19.1 Å². The summed E-state index contributed by atoms with van der Waals surface area (Å²) in [6.07, 6.45) is 1.76. The Balaban J connectivity index is 1.45. The zero-order valence-electron chi connectivity index (χ0n) is 21.7. The number of benzene rings is 5. The first-order valence-corrected chi connectivity index (χ1v) is 13.5. The summed E-state index contributed by atoms with van der Waals surface area (Å²) in [5.74, 6) is 0.514. The topological polar surface area (TPSA) is 65.8 Å². The molecule has 9 aromatic rings. The van der Waals surface area contributed by atoms with Gasteiger partial charge in [-0.3, -0.25) is 13.9 Å². The molecule has 0 aliphatic heterocycles. The molecule has 6 nitrogen and oxygen atoms in total. The Bertz CT molecular complexity index is 2560. The monoisotopic (exact) mass is 528 g/mol. The van der Waals surface area contributed by atoms with E-state index in [4.69, 9.17) is 14.4 Å². The van der Waals surface area contributed by atoms with Crippen LogP contribution in [0.4, 0.5) is 0 Å². The van der Waals surface area contributed by atoms with Gasteiger partial charge >= 0.3 is 0 Å². The molecule has 0 radical (unpaired) electrons. The second-order valence-corrected chi connectivity index (χ2v) is 10.2. The van der Waals surface area contributed by atoms with Crippen LogP contribution in [0.15, 0.2) is 131 Å². The lowest BCUT2D eigenvalue weighted by atomic mass is 10.1. The molecule has 6 heteroatoms. The Morgan fingerprint density at radius 2 is 1.24 bits per heavy atom. The molecule has 5 aromatic carbocycles. The summed E-state index contributed by atoms with van der Waals surface area (Å²) in [7, 11) is 0. The van der Waals surface area contributed by atoms with Crippen molar-refractivity contribution in [3.8, 4) is 11.6 Å². The standard InChI is InChI=1S/C35H20N4O2/c40-34-27-15-5-4-14-24(27)31-29(38(34)21-10-2-1-3-11-21)20-36-35(37-31)39-28-16-8-6-12-22(28)25-18-19-26-23-13-7-9-17-30(23)41-33(26)32(25)39/h1-20H. The van der Waals surface area contributed by atoms with E-state index in [9.17, 15) is 4.79 Å². The highest BCUT2D eigenvalue weighted by Gasteiger charge is 2.21. The third kappa shape index (κ3) is 2.98. The van der Waals surface area contributed by atoms with E-state index in [-0.39, 0.29) is 5.56 Å². The molecule has 4 heterocycles. The maximum Gasteiger partial charge on any atom is 0.263 e. The van der Waals surface area contributed by atoms with Gasteiger partial charge in [0.2, 0.25) is 5.95 Å². The maximum atomic E-state index is 13.7. The summed E-state index contributed by atoms with van der Waals surface area (Å²) in [6, 6.07) is 37.9. The van der Waals surface area contributed by atoms with Crippen LogP contribution in [0.2, 0.25) is 0 Å². The largest absolute Gasteiger partial charge is 0.454 e. The van der Waals surface area contributed by atoms with Crippen molar-refractivity contribution in [3.63, 3.8) is 0 Å². The van der Waals surface area contributed by atoms with Gasteiger partial charge in [-0.15, -0.1) is 0 Å². The van der Waals surface area contributed by atoms with Crippen LogP contribution in [0, 0.1) is 0 Å². The van der Waals surface area contributed by atoms with Crippen LogP contribution in [0.5, 0.6) is 0 Å². The number of rotatable bonds is 2. The van der Waals surface area contributed by atoms with Crippen LogP contribution in [0.1, 0.15) is 0 Å². The predicted molar refractivity (Wildman–Crippen MR) is 164 cm³/mol. The molecule has 0 N–H and O–H groups in total. The summed E-state index contributed by atoms with van der Waals surface area (Å²) in [4.78, 5) is 23.8. The minimum absolute atomic E-state index is 0.100. The first-order chi connectivity index (χ1) is 20.3. The van der Waals surface area contributed by atoms with E-state index >= 15 is 0 Å². The third-order valence-corrected chi connectivity index (χ3v) is 8.01. The SMILES string of the molecule is O=c1c2ccccc2c2nc(-n3c4ccccc4c4ccc5c6ccccc6oc5c43)ncc2n1-c1ccccc1. The molecule has 0 saturated carbocycles. The Morgan fingerprint density at radius 3 is 2.10 bits per heavy atom. The normalized spacial score (nSPS) is 12.0. The lowest BCUT2D eigenvalue weighted by molar-refractivity contribution is 0.671. The van der Waals surface area contributed by atoms with Crippen molar-refractivity contribution in [2.45, 2.75) is 0 Å². The average molecular weight is 529 g/mol. The van der Waals surface area contributed by atoms with Crippen LogP contribution in [0.25, 0.3) is 77.2 Å². The van der Waals surface area contributed by atoms with E-state index in [0.717, 1.165) is 54.8 Å². The number of fused-ring (bicyclic) bond motifs is 10. The molecular weight excluding hydrogens is 508 g/mol. The van der Waals surface area contributed by atoms with E-state index in [1.165, 1.54) is 0 Å². The highest BCUT2D eigenvalue weighted by atomic mass is 16.3. The Hall–Kier alpha value is -5.75. The van der Waals surface area contributed by atoms with E-state index < -0.39 is 0 Å². The number of para-hydroxylation sites is 3. The molecule has 0 unspecified atom stereocenters. The van der Waals surface area contributed by atoms with Crippen LogP contribution >= 0.6 is 0 Å². The first-order valence-electron chi connectivity index (χ1n) is 13.5. The molecule has 0 saturated heterocycles. The van der Waals surface area contributed by atoms with Crippen LogP contribution < -0.4 is 5.56 Å². The molecule has 0 amide bonds.